The Morgan fingerprint density at radius 3 is 2.94 bits per heavy atom. The third-order valence-electron chi connectivity index (χ3n) is 3.69. The third kappa shape index (κ3) is 3.22. The lowest BCUT2D eigenvalue weighted by atomic mass is 10.2. The zero-order valence-corrected chi connectivity index (χ0v) is 11.0. The Bertz CT molecular complexity index is 328. The highest BCUT2D eigenvalue weighted by Crippen LogP contribution is 2.22. The fourth-order valence-corrected chi connectivity index (χ4v) is 2.61. The van der Waals surface area contributed by atoms with Crippen molar-refractivity contribution in [1.29, 1.82) is 0 Å². The van der Waals surface area contributed by atoms with E-state index in [0.717, 1.165) is 31.6 Å². The fraction of sp³-hybridized carbons (Fsp3) is 0.769. The second-order valence-corrected chi connectivity index (χ2v) is 4.89. The van der Waals surface area contributed by atoms with Gasteiger partial charge in [-0.05, 0) is 26.8 Å². The number of hydrogen-bond acceptors (Lipinski definition) is 3. The maximum atomic E-state index is 4.31. The molecule has 1 aliphatic rings. The number of nitrogens with zero attached hydrogens (tertiary/aromatic N) is 3. The molecule has 0 radical (unpaired) electrons. The Balaban J connectivity index is 1.81. The van der Waals surface area contributed by atoms with E-state index >= 15 is 0 Å². The second kappa shape index (κ2) is 6.05. The van der Waals surface area contributed by atoms with Crippen molar-refractivity contribution in [3.63, 3.8) is 0 Å². The predicted octanol–water partition coefficient (Wildman–Crippen LogP) is 2.19. The average Bonchev–Trinajstić information content (AvgIpc) is 2.97. The van der Waals surface area contributed by atoms with E-state index < -0.39 is 0 Å². The third-order valence-corrected chi connectivity index (χ3v) is 3.69. The minimum absolute atomic E-state index is 0.807. The predicted molar refractivity (Wildman–Crippen MR) is 71.3 cm³/mol. The van der Waals surface area contributed by atoms with E-state index in [0.29, 0.717) is 0 Å². The minimum Gasteiger partial charge on any atom is -0.356 e. The molecule has 0 aliphatic heterocycles. The minimum atomic E-state index is 0.807. The zero-order valence-electron chi connectivity index (χ0n) is 11.0. The molecule has 96 valence electrons. The van der Waals surface area contributed by atoms with Crippen LogP contribution in [0.2, 0.25) is 0 Å². The Kier molecular flexibility index (Phi) is 4.42. The highest BCUT2D eigenvalue weighted by molar-refractivity contribution is 5.25. The lowest BCUT2D eigenvalue weighted by Gasteiger charge is -2.24. The number of imidazole rings is 1. The molecular weight excluding hydrogens is 212 g/mol. The van der Waals surface area contributed by atoms with Crippen LogP contribution < -0.4 is 5.32 Å². The van der Waals surface area contributed by atoms with Crippen LogP contribution >= 0.6 is 0 Å². The van der Waals surface area contributed by atoms with Gasteiger partial charge in [0.25, 0.3) is 0 Å². The lowest BCUT2D eigenvalue weighted by molar-refractivity contribution is 0.237. The van der Waals surface area contributed by atoms with Crippen molar-refractivity contribution >= 4 is 5.95 Å². The van der Waals surface area contributed by atoms with Crippen molar-refractivity contribution in [3.8, 4) is 0 Å². The standard InChI is InChI=1S/C13H24N4/c1-3-14-13-15-8-9-17(13)11-10-16(2)12-6-4-5-7-12/h8-9,12H,3-7,10-11H2,1-2H3,(H,14,15). The van der Waals surface area contributed by atoms with Gasteiger partial charge >= 0.3 is 0 Å². The van der Waals surface area contributed by atoms with E-state index in [4.69, 9.17) is 0 Å². The van der Waals surface area contributed by atoms with Crippen LogP contribution in [0.1, 0.15) is 32.6 Å². The molecule has 4 nitrogen and oxygen atoms in total. The van der Waals surface area contributed by atoms with Crippen LogP contribution in [0.5, 0.6) is 0 Å². The monoisotopic (exact) mass is 236 g/mol. The molecule has 4 heteroatoms. The Morgan fingerprint density at radius 1 is 1.47 bits per heavy atom. The first-order chi connectivity index (χ1) is 8.31. The number of hydrogen-bond donors (Lipinski definition) is 1. The highest BCUT2D eigenvalue weighted by Gasteiger charge is 2.19. The summed E-state index contributed by atoms with van der Waals surface area (Å²) in [7, 11) is 2.25. The molecule has 1 saturated carbocycles. The van der Waals surface area contributed by atoms with Gasteiger partial charge in [-0.3, -0.25) is 0 Å². The van der Waals surface area contributed by atoms with E-state index in [1.165, 1.54) is 25.7 Å². The summed E-state index contributed by atoms with van der Waals surface area (Å²) in [6.07, 6.45) is 9.49. The fourth-order valence-electron chi connectivity index (χ4n) is 2.61. The summed E-state index contributed by atoms with van der Waals surface area (Å²) < 4.78 is 2.20. The topological polar surface area (TPSA) is 33.1 Å². The largest absolute Gasteiger partial charge is 0.356 e. The highest BCUT2D eigenvalue weighted by atomic mass is 15.2. The van der Waals surface area contributed by atoms with Gasteiger partial charge in [0, 0.05) is 38.1 Å². The first kappa shape index (κ1) is 12.4. The smallest absolute Gasteiger partial charge is 0.202 e. The first-order valence-corrected chi connectivity index (χ1v) is 6.76. The van der Waals surface area contributed by atoms with Gasteiger partial charge in [-0.2, -0.15) is 0 Å². The van der Waals surface area contributed by atoms with Crippen LogP contribution in [0.25, 0.3) is 0 Å². The van der Waals surface area contributed by atoms with Crippen LogP contribution in [-0.2, 0) is 6.54 Å². The summed E-state index contributed by atoms with van der Waals surface area (Å²) in [6, 6.07) is 0.807. The summed E-state index contributed by atoms with van der Waals surface area (Å²) in [6.45, 7) is 5.16. The normalized spacial score (nSPS) is 16.9. The zero-order chi connectivity index (χ0) is 12.1. The van der Waals surface area contributed by atoms with Crippen LogP contribution in [0.4, 0.5) is 5.95 Å². The summed E-state index contributed by atoms with van der Waals surface area (Å²) in [4.78, 5) is 6.82. The molecule has 1 heterocycles. The van der Waals surface area contributed by atoms with Crippen molar-refractivity contribution in [1.82, 2.24) is 14.5 Å². The molecular formula is C13H24N4. The molecule has 0 unspecified atom stereocenters. The van der Waals surface area contributed by atoms with Gasteiger partial charge in [-0.1, -0.05) is 12.8 Å². The quantitative estimate of drug-likeness (QED) is 0.822. The van der Waals surface area contributed by atoms with Crippen LogP contribution in [0.15, 0.2) is 12.4 Å². The van der Waals surface area contributed by atoms with Gasteiger partial charge in [-0.25, -0.2) is 4.98 Å². The van der Waals surface area contributed by atoms with Crippen molar-refractivity contribution in [2.75, 3.05) is 25.5 Å². The molecule has 1 aliphatic carbocycles. The summed E-state index contributed by atoms with van der Waals surface area (Å²) >= 11 is 0. The molecule has 0 atom stereocenters. The van der Waals surface area contributed by atoms with E-state index in [2.05, 4.69) is 39.9 Å². The lowest BCUT2D eigenvalue weighted by Crippen LogP contribution is -2.32. The molecule has 0 spiro atoms. The Hall–Kier alpha value is -1.03. The summed E-state index contributed by atoms with van der Waals surface area (Å²) in [5.41, 5.74) is 0. The summed E-state index contributed by atoms with van der Waals surface area (Å²) in [5, 5.41) is 3.28. The van der Waals surface area contributed by atoms with Gasteiger partial charge in [0.2, 0.25) is 5.95 Å². The molecule has 1 fully saturated rings. The summed E-state index contributed by atoms with van der Waals surface area (Å²) in [5.74, 6) is 0.993. The van der Waals surface area contributed by atoms with Crippen LogP contribution in [0, 0.1) is 0 Å². The Morgan fingerprint density at radius 2 is 2.24 bits per heavy atom. The molecule has 0 amide bonds. The number of aromatic nitrogens is 2. The number of likely N-dealkylation sites (N-methyl/N-ethyl adjacent to an activating group) is 1. The van der Waals surface area contributed by atoms with Crippen molar-refractivity contribution in [3.05, 3.63) is 12.4 Å². The molecule has 0 bridgehead atoms. The van der Waals surface area contributed by atoms with Crippen LogP contribution in [0.3, 0.4) is 0 Å². The molecule has 1 N–H and O–H groups in total. The van der Waals surface area contributed by atoms with Gasteiger partial charge in [0.15, 0.2) is 0 Å². The maximum Gasteiger partial charge on any atom is 0.202 e. The van der Waals surface area contributed by atoms with Gasteiger partial charge < -0.3 is 14.8 Å². The second-order valence-electron chi connectivity index (χ2n) is 4.89. The van der Waals surface area contributed by atoms with Crippen LogP contribution in [-0.4, -0.2) is 40.6 Å². The van der Waals surface area contributed by atoms with E-state index in [9.17, 15) is 0 Å². The molecule has 1 aromatic heterocycles. The first-order valence-electron chi connectivity index (χ1n) is 6.76. The molecule has 17 heavy (non-hydrogen) atoms. The van der Waals surface area contributed by atoms with Crippen molar-refractivity contribution < 1.29 is 0 Å². The van der Waals surface area contributed by atoms with Gasteiger partial charge in [0.1, 0.15) is 0 Å². The molecule has 1 aromatic rings. The van der Waals surface area contributed by atoms with Gasteiger partial charge in [0.05, 0.1) is 0 Å². The molecule has 0 saturated heterocycles. The molecule has 2 rings (SSSR count). The van der Waals surface area contributed by atoms with Crippen molar-refractivity contribution in [2.45, 2.75) is 45.2 Å². The van der Waals surface area contributed by atoms with E-state index in [1.807, 2.05) is 6.20 Å². The number of nitrogens with one attached hydrogen (secondary N) is 1. The van der Waals surface area contributed by atoms with Gasteiger partial charge in [-0.15, -0.1) is 0 Å². The van der Waals surface area contributed by atoms with Crippen molar-refractivity contribution in [2.24, 2.45) is 0 Å². The Labute approximate surface area is 104 Å². The SMILES string of the molecule is CCNc1nccn1CCN(C)C1CCCC1. The number of rotatable bonds is 6. The number of anilines is 1. The van der Waals surface area contributed by atoms with E-state index in [-0.39, 0.29) is 0 Å². The maximum absolute atomic E-state index is 4.31. The molecule has 0 aromatic carbocycles. The van der Waals surface area contributed by atoms with E-state index in [1.54, 1.807) is 0 Å². The average molecular weight is 236 g/mol.